The standard InChI is InChI=1S/C17H22F3N3O5/c1-26-6-5-21-13-14(24)12(11-8-27-15(13)28-11)23-16(25)22-10-4-2-3-9(7-10)17(18,19)20/h2-4,7,11-15,21,24H,5-6,8H2,1H3,(H2,22,23,25)/t11-,12-,13-,14+,15-/m1/s1. The Labute approximate surface area is 159 Å². The van der Waals surface area contributed by atoms with Crippen LogP contribution < -0.4 is 16.0 Å². The monoisotopic (exact) mass is 405 g/mol. The van der Waals surface area contributed by atoms with Gasteiger partial charge in [-0.2, -0.15) is 13.2 Å². The minimum atomic E-state index is -4.52. The fourth-order valence-electron chi connectivity index (χ4n) is 3.24. The lowest BCUT2D eigenvalue weighted by molar-refractivity contribution is -0.151. The van der Waals surface area contributed by atoms with Crippen molar-refractivity contribution in [1.82, 2.24) is 10.6 Å². The van der Waals surface area contributed by atoms with Crippen LogP contribution in [0.4, 0.5) is 23.7 Å². The van der Waals surface area contributed by atoms with E-state index >= 15 is 0 Å². The van der Waals surface area contributed by atoms with Crippen molar-refractivity contribution in [3.63, 3.8) is 0 Å². The average molecular weight is 405 g/mol. The molecule has 2 amide bonds. The first kappa shape index (κ1) is 20.8. The van der Waals surface area contributed by atoms with Crippen LogP contribution in [0, 0.1) is 0 Å². The van der Waals surface area contributed by atoms with Crippen LogP contribution in [0.1, 0.15) is 5.56 Å². The molecule has 4 N–H and O–H groups in total. The molecule has 0 radical (unpaired) electrons. The Morgan fingerprint density at radius 1 is 1.36 bits per heavy atom. The number of anilines is 1. The number of ether oxygens (including phenoxy) is 3. The van der Waals surface area contributed by atoms with Crippen LogP contribution >= 0.6 is 0 Å². The first-order chi connectivity index (χ1) is 13.3. The number of rotatable bonds is 6. The van der Waals surface area contributed by atoms with Crippen LogP contribution in [0.3, 0.4) is 0 Å². The van der Waals surface area contributed by atoms with Crippen LogP contribution in [-0.4, -0.2) is 68.6 Å². The van der Waals surface area contributed by atoms with Crippen molar-refractivity contribution in [1.29, 1.82) is 0 Å². The minimum absolute atomic E-state index is 0.0196. The second kappa shape index (κ2) is 8.62. The van der Waals surface area contributed by atoms with Gasteiger partial charge in [0.25, 0.3) is 0 Å². The van der Waals surface area contributed by atoms with E-state index in [1.54, 1.807) is 7.11 Å². The molecule has 2 bridgehead atoms. The molecule has 1 aromatic rings. The van der Waals surface area contributed by atoms with Crippen molar-refractivity contribution in [2.45, 2.75) is 36.8 Å². The first-order valence-corrected chi connectivity index (χ1v) is 8.72. The molecular weight excluding hydrogens is 383 g/mol. The average Bonchev–Trinajstić information content (AvgIpc) is 3.07. The number of amides is 2. The number of benzene rings is 1. The molecule has 0 unspecified atom stereocenters. The molecule has 0 aromatic heterocycles. The summed E-state index contributed by atoms with van der Waals surface area (Å²) in [4.78, 5) is 12.3. The van der Waals surface area contributed by atoms with Gasteiger partial charge in [-0.05, 0) is 18.2 Å². The van der Waals surface area contributed by atoms with Crippen LogP contribution in [-0.2, 0) is 20.4 Å². The van der Waals surface area contributed by atoms with Crippen LogP contribution in [0.2, 0.25) is 0 Å². The maximum atomic E-state index is 12.8. The summed E-state index contributed by atoms with van der Waals surface area (Å²) in [7, 11) is 1.54. The normalized spacial score (nSPS) is 29.5. The van der Waals surface area contributed by atoms with Crippen LogP contribution in [0.15, 0.2) is 24.3 Å². The highest BCUT2D eigenvalue weighted by atomic mass is 19.4. The molecule has 2 saturated heterocycles. The van der Waals surface area contributed by atoms with Gasteiger partial charge in [-0.1, -0.05) is 6.07 Å². The summed E-state index contributed by atoms with van der Waals surface area (Å²) in [5.74, 6) is 0. The number of methoxy groups -OCH3 is 1. The van der Waals surface area contributed by atoms with Gasteiger partial charge in [0, 0.05) is 19.3 Å². The molecule has 11 heteroatoms. The lowest BCUT2D eigenvalue weighted by Gasteiger charge is -2.39. The van der Waals surface area contributed by atoms with Crippen molar-refractivity contribution in [2.24, 2.45) is 0 Å². The molecule has 3 rings (SSSR count). The second-order valence-corrected chi connectivity index (χ2v) is 6.54. The quantitative estimate of drug-likeness (QED) is 0.525. The summed E-state index contributed by atoms with van der Waals surface area (Å²) in [5, 5.41) is 18.6. The molecule has 8 nitrogen and oxygen atoms in total. The molecule has 2 aliphatic rings. The maximum Gasteiger partial charge on any atom is 0.416 e. The highest BCUT2D eigenvalue weighted by Crippen LogP contribution is 2.31. The van der Waals surface area contributed by atoms with E-state index in [1.807, 2.05) is 0 Å². The van der Waals surface area contributed by atoms with Gasteiger partial charge in [-0.25, -0.2) is 4.79 Å². The van der Waals surface area contributed by atoms with Gasteiger partial charge in [-0.3, -0.25) is 0 Å². The number of carbonyl (C=O) groups excluding carboxylic acids is 1. The van der Waals surface area contributed by atoms with Gasteiger partial charge in [0.05, 0.1) is 37.0 Å². The van der Waals surface area contributed by atoms with Crippen LogP contribution in [0.5, 0.6) is 0 Å². The number of hydrogen-bond acceptors (Lipinski definition) is 6. The van der Waals surface area contributed by atoms with E-state index < -0.39 is 48.4 Å². The van der Waals surface area contributed by atoms with E-state index in [1.165, 1.54) is 12.1 Å². The predicted molar refractivity (Wildman–Crippen MR) is 91.7 cm³/mol. The molecule has 0 saturated carbocycles. The number of alkyl halides is 3. The second-order valence-electron chi connectivity index (χ2n) is 6.54. The Hall–Kier alpha value is -1.92. The Morgan fingerprint density at radius 3 is 2.86 bits per heavy atom. The van der Waals surface area contributed by atoms with Crippen molar-refractivity contribution in [2.75, 3.05) is 32.2 Å². The van der Waals surface area contributed by atoms with Gasteiger partial charge >= 0.3 is 12.2 Å². The summed E-state index contributed by atoms with van der Waals surface area (Å²) < 4.78 is 54.5. The number of nitrogens with one attached hydrogen (secondary N) is 3. The third kappa shape index (κ3) is 4.73. The smallest absolute Gasteiger partial charge is 0.389 e. The summed E-state index contributed by atoms with van der Waals surface area (Å²) in [6, 6.07) is 2.13. The van der Waals surface area contributed by atoms with Crippen molar-refractivity contribution in [3.05, 3.63) is 29.8 Å². The van der Waals surface area contributed by atoms with Gasteiger partial charge in [0.2, 0.25) is 0 Å². The molecule has 0 aliphatic carbocycles. The number of fused-ring (bicyclic) bond motifs is 2. The number of urea groups is 1. The molecular formula is C17H22F3N3O5. The molecule has 2 fully saturated rings. The predicted octanol–water partition coefficient (Wildman–Crippen LogP) is 0.916. The van der Waals surface area contributed by atoms with E-state index in [0.717, 1.165) is 12.1 Å². The lowest BCUT2D eigenvalue weighted by Crippen LogP contribution is -2.65. The maximum absolute atomic E-state index is 12.8. The highest BCUT2D eigenvalue weighted by molar-refractivity contribution is 5.89. The lowest BCUT2D eigenvalue weighted by atomic mass is 9.96. The summed E-state index contributed by atoms with van der Waals surface area (Å²) >= 11 is 0. The van der Waals surface area contributed by atoms with Gasteiger partial charge in [0.15, 0.2) is 6.29 Å². The van der Waals surface area contributed by atoms with E-state index in [-0.39, 0.29) is 12.3 Å². The zero-order chi connectivity index (χ0) is 20.3. The third-order valence-electron chi connectivity index (χ3n) is 4.60. The van der Waals surface area contributed by atoms with Crippen LogP contribution in [0.25, 0.3) is 0 Å². The van der Waals surface area contributed by atoms with Crippen molar-refractivity contribution >= 4 is 11.7 Å². The molecule has 156 valence electrons. The molecule has 0 spiro atoms. The Kier molecular flexibility index (Phi) is 6.40. The zero-order valence-corrected chi connectivity index (χ0v) is 15.0. The molecule has 5 atom stereocenters. The Balaban J connectivity index is 1.63. The SMILES string of the molecule is COCCN[C@H]1[C@@H]2OC[C@@H](O2)[C@@H](NC(=O)Nc2cccc(C(F)(F)F)c2)[C@@H]1O. The number of aliphatic hydroxyl groups is 1. The topological polar surface area (TPSA) is 101 Å². The number of hydrogen-bond donors (Lipinski definition) is 4. The molecule has 2 heterocycles. The molecule has 28 heavy (non-hydrogen) atoms. The fraction of sp³-hybridized carbons (Fsp3) is 0.588. The third-order valence-corrected chi connectivity index (χ3v) is 4.60. The summed E-state index contributed by atoms with van der Waals surface area (Å²) in [6.45, 7) is 1.03. The van der Waals surface area contributed by atoms with E-state index in [2.05, 4.69) is 16.0 Å². The minimum Gasteiger partial charge on any atom is -0.389 e. The largest absolute Gasteiger partial charge is 0.416 e. The number of halogens is 3. The number of aliphatic hydroxyl groups excluding tert-OH is 1. The van der Waals surface area contributed by atoms with Crippen molar-refractivity contribution < 1.29 is 37.3 Å². The Bertz CT molecular complexity index is 690. The van der Waals surface area contributed by atoms with E-state index in [4.69, 9.17) is 14.2 Å². The summed E-state index contributed by atoms with van der Waals surface area (Å²) in [6.07, 6.45) is -6.75. The fourth-order valence-corrected chi connectivity index (χ4v) is 3.24. The number of carbonyl (C=O) groups is 1. The Morgan fingerprint density at radius 2 is 2.14 bits per heavy atom. The zero-order valence-electron chi connectivity index (χ0n) is 15.0. The van der Waals surface area contributed by atoms with E-state index in [0.29, 0.717) is 13.2 Å². The molecule has 2 aliphatic heterocycles. The van der Waals surface area contributed by atoms with E-state index in [9.17, 15) is 23.1 Å². The summed E-state index contributed by atoms with van der Waals surface area (Å²) in [5.41, 5.74) is -0.894. The first-order valence-electron chi connectivity index (χ1n) is 8.72. The van der Waals surface area contributed by atoms with Gasteiger partial charge in [0.1, 0.15) is 6.10 Å². The van der Waals surface area contributed by atoms with Crippen molar-refractivity contribution in [3.8, 4) is 0 Å². The highest BCUT2D eigenvalue weighted by Gasteiger charge is 2.50. The van der Waals surface area contributed by atoms with Gasteiger partial charge in [-0.15, -0.1) is 0 Å². The van der Waals surface area contributed by atoms with Gasteiger partial charge < -0.3 is 35.3 Å². The molecule has 1 aromatic carbocycles.